The number of aryl methyl sites for hydroxylation is 2. The summed E-state index contributed by atoms with van der Waals surface area (Å²) in [6.45, 7) is 0. The second kappa shape index (κ2) is 5.93. The third kappa shape index (κ3) is 2.69. The lowest BCUT2D eigenvalue weighted by Crippen LogP contribution is -1.95. The van der Waals surface area contributed by atoms with Crippen molar-refractivity contribution in [2.24, 2.45) is 0 Å². The predicted molar refractivity (Wildman–Crippen MR) is 93.1 cm³/mol. The Morgan fingerprint density at radius 2 is 1.88 bits per heavy atom. The molecule has 3 heteroatoms. The molecule has 1 aliphatic rings. The SMILES string of the molecule is Oc1cccc(/C=C2/c3ccc(F)cc3CCc3ncccc32)c1. The van der Waals surface area contributed by atoms with Crippen LogP contribution in [0.5, 0.6) is 5.75 Å². The second-order valence-corrected chi connectivity index (χ2v) is 5.95. The Labute approximate surface area is 139 Å². The topological polar surface area (TPSA) is 33.1 Å². The molecule has 0 spiro atoms. The van der Waals surface area contributed by atoms with Gasteiger partial charge < -0.3 is 5.11 Å². The van der Waals surface area contributed by atoms with Gasteiger partial charge in [-0.05, 0) is 71.5 Å². The van der Waals surface area contributed by atoms with Crippen LogP contribution in [0.3, 0.4) is 0 Å². The molecular weight excluding hydrogens is 301 g/mol. The maximum Gasteiger partial charge on any atom is 0.123 e. The third-order valence-electron chi connectivity index (χ3n) is 4.35. The predicted octanol–water partition coefficient (Wildman–Crippen LogP) is 4.61. The molecule has 0 saturated heterocycles. The first-order chi connectivity index (χ1) is 11.7. The van der Waals surface area contributed by atoms with E-state index in [0.29, 0.717) is 0 Å². The summed E-state index contributed by atoms with van der Waals surface area (Å²) in [6.07, 6.45) is 5.36. The van der Waals surface area contributed by atoms with E-state index < -0.39 is 0 Å². The van der Waals surface area contributed by atoms with Gasteiger partial charge in [-0.25, -0.2) is 4.39 Å². The van der Waals surface area contributed by atoms with Crippen LogP contribution < -0.4 is 0 Å². The zero-order valence-corrected chi connectivity index (χ0v) is 13.0. The lowest BCUT2D eigenvalue weighted by Gasteiger charge is -2.12. The van der Waals surface area contributed by atoms with Crippen molar-refractivity contribution in [2.45, 2.75) is 12.8 Å². The van der Waals surface area contributed by atoms with Gasteiger partial charge in [0.15, 0.2) is 0 Å². The van der Waals surface area contributed by atoms with Crippen molar-refractivity contribution in [2.75, 3.05) is 0 Å². The summed E-state index contributed by atoms with van der Waals surface area (Å²) in [5, 5.41) is 9.73. The van der Waals surface area contributed by atoms with Gasteiger partial charge in [-0.1, -0.05) is 24.3 Å². The minimum absolute atomic E-state index is 0.218. The molecule has 1 heterocycles. The Kier molecular flexibility index (Phi) is 3.62. The standard InChI is InChI=1S/C21H16FNO/c22-16-7-8-18-15(13-16)6-9-21-19(5-2-10-23-21)20(18)12-14-3-1-4-17(24)11-14/h1-5,7-8,10-13,24H,6,9H2/b20-12-. The summed E-state index contributed by atoms with van der Waals surface area (Å²) in [5.41, 5.74) is 5.99. The number of nitrogens with zero attached hydrogens (tertiary/aromatic N) is 1. The molecule has 2 nitrogen and oxygen atoms in total. The molecule has 0 unspecified atom stereocenters. The first-order valence-corrected chi connectivity index (χ1v) is 7.94. The fraction of sp³-hybridized carbons (Fsp3) is 0.0952. The van der Waals surface area contributed by atoms with E-state index in [2.05, 4.69) is 11.1 Å². The number of aromatic hydroxyl groups is 1. The molecule has 3 aromatic rings. The van der Waals surface area contributed by atoms with Gasteiger partial charge in [0, 0.05) is 17.5 Å². The molecule has 1 aromatic heterocycles. The molecule has 0 bridgehead atoms. The number of aromatic nitrogens is 1. The monoisotopic (exact) mass is 317 g/mol. The quantitative estimate of drug-likeness (QED) is 0.711. The number of phenols is 1. The molecule has 0 fully saturated rings. The van der Waals surface area contributed by atoms with E-state index >= 15 is 0 Å². The molecule has 0 amide bonds. The van der Waals surface area contributed by atoms with Gasteiger partial charge in [0.2, 0.25) is 0 Å². The zero-order valence-electron chi connectivity index (χ0n) is 13.0. The van der Waals surface area contributed by atoms with E-state index in [0.717, 1.165) is 46.4 Å². The Hall–Kier alpha value is -2.94. The number of phenolic OH excluding ortho intramolecular Hbond substituents is 1. The summed E-state index contributed by atoms with van der Waals surface area (Å²) in [7, 11) is 0. The van der Waals surface area contributed by atoms with Crippen LogP contribution in [0.4, 0.5) is 4.39 Å². The van der Waals surface area contributed by atoms with E-state index in [1.165, 1.54) is 6.07 Å². The summed E-state index contributed by atoms with van der Waals surface area (Å²) < 4.78 is 13.7. The number of rotatable bonds is 1. The summed E-state index contributed by atoms with van der Waals surface area (Å²) in [6, 6.07) is 16.0. The van der Waals surface area contributed by atoms with Crippen molar-refractivity contribution in [3.05, 3.63) is 94.6 Å². The summed E-state index contributed by atoms with van der Waals surface area (Å²) in [5.74, 6) is 0.00748. The third-order valence-corrected chi connectivity index (χ3v) is 4.35. The maximum absolute atomic E-state index is 13.7. The highest BCUT2D eigenvalue weighted by Crippen LogP contribution is 2.34. The average molecular weight is 317 g/mol. The molecule has 2 aromatic carbocycles. The molecule has 1 aliphatic carbocycles. The van der Waals surface area contributed by atoms with Crippen LogP contribution in [0, 0.1) is 5.82 Å². The Morgan fingerprint density at radius 1 is 0.958 bits per heavy atom. The van der Waals surface area contributed by atoms with Crippen molar-refractivity contribution < 1.29 is 9.50 Å². The molecular formula is C21H16FNO. The fourth-order valence-electron chi connectivity index (χ4n) is 3.25. The normalized spacial score (nSPS) is 14.8. The summed E-state index contributed by atoms with van der Waals surface area (Å²) >= 11 is 0. The highest BCUT2D eigenvalue weighted by atomic mass is 19.1. The number of pyridine rings is 1. The van der Waals surface area contributed by atoms with Gasteiger partial charge in [-0.15, -0.1) is 0 Å². The maximum atomic E-state index is 13.7. The number of halogens is 1. The van der Waals surface area contributed by atoms with Crippen molar-refractivity contribution >= 4 is 11.6 Å². The Bertz CT molecular complexity index is 946. The summed E-state index contributed by atoms with van der Waals surface area (Å²) in [4.78, 5) is 4.51. The molecule has 118 valence electrons. The molecule has 0 saturated carbocycles. The Balaban J connectivity index is 1.97. The van der Waals surface area contributed by atoms with Crippen LogP contribution in [0.15, 0.2) is 60.8 Å². The minimum Gasteiger partial charge on any atom is -0.508 e. The number of hydrogen-bond donors (Lipinski definition) is 1. The fourth-order valence-corrected chi connectivity index (χ4v) is 3.25. The van der Waals surface area contributed by atoms with Crippen LogP contribution in [-0.4, -0.2) is 10.1 Å². The van der Waals surface area contributed by atoms with Gasteiger partial charge >= 0.3 is 0 Å². The van der Waals surface area contributed by atoms with Crippen molar-refractivity contribution in [1.29, 1.82) is 0 Å². The smallest absolute Gasteiger partial charge is 0.123 e. The molecule has 24 heavy (non-hydrogen) atoms. The van der Waals surface area contributed by atoms with Gasteiger partial charge in [0.05, 0.1) is 0 Å². The highest BCUT2D eigenvalue weighted by Gasteiger charge is 2.19. The average Bonchev–Trinajstić information content (AvgIpc) is 2.73. The first kappa shape index (κ1) is 14.6. The number of benzene rings is 2. The lowest BCUT2D eigenvalue weighted by molar-refractivity contribution is 0.475. The molecule has 4 rings (SSSR count). The van der Waals surface area contributed by atoms with Crippen molar-refractivity contribution in [3.63, 3.8) is 0 Å². The molecule has 0 atom stereocenters. The van der Waals surface area contributed by atoms with E-state index in [9.17, 15) is 9.50 Å². The van der Waals surface area contributed by atoms with Crippen LogP contribution in [0.1, 0.15) is 27.9 Å². The first-order valence-electron chi connectivity index (χ1n) is 7.94. The molecule has 0 radical (unpaired) electrons. The van der Waals surface area contributed by atoms with Gasteiger partial charge in [0.25, 0.3) is 0 Å². The van der Waals surface area contributed by atoms with Crippen LogP contribution in [-0.2, 0) is 12.8 Å². The minimum atomic E-state index is -0.218. The van der Waals surface area contributed by atoms with E-state index in [4.69, 9.17) is 0 Å². The molecule has 1 N–H and O–H groups in total. The van der Waals surface area contributed by atoms with E-state index in [1.807, 2.05) is 30.3 Å². The number of fused-ring (bicyclic) bond motifs is 2. The largest absolute Gasteiger partial charge is 0.508 e. The van der Waals surface area contributed by atoms with Crippen molar-refractivity contribution in [3.8, 4) is 5.75 Å². The highest BCUT2D eigenvalue weighted by molar-refractivity contribution is 5.93. The van der Waals surface area contributed by atoms with E-state index in [1.54, 1.807) is 24.4 Å². The number of hydrogen-bond acceptors (Lipinski definition) is 2. The van der Waals surface area contributed by atoms with E-state index in [-0.39, 0.29) is 11.6 Å². The molecule has 0 aliphatic heterocycles. The van der Waals surface area contributed by atoms with Gasteiger partial charge in [-0.3, -0.25) is 4.98 Å². The van der Waals surface area contributed by atoms with Crippen LogP contribution in [0.2, 0.25) is 0 Å². The lowest BCUT2D eigenvalue weighted by atomic mass is 9.93. The van der Waals surface area contributed by atoms with Crippen molar-refractivity contribution in [1.82, 2.24) is 4.98 Å². The van der Waals surface area contributed by atoms with Crippen LogP contribution in [0.25, 0.3) is 11.6 Å². The van der Waals surface area contributed by atoms with Crippen LogP contribution >= 0.6 is 0 Å². The van der Waals surface area contributed by atoms with Gasteiger partial charge in [0.1, 0.15) is 11.6 Å². The zero-order chi connectivity index (χ0) is 16.5. The second-order valence-electron chi connectivity index (χ2n) is 5.95. The van der Waals surface area contributed by atoms with Gasteiger partial charge in [-0.2, -0.15) is 0 Å². The Morgan fingerprint density at radius 3 is 2.75 bits per heavy atom.